The van der Waals surface area contributed by atoms with E-state index >= 15 is 0 Å². The topological polar surface area (TPSA) is 38.0 Å². The Balaban J connectivity index is 2.51. The minimum atomic E-state index is 0.200. The SMILES string of the molecule is C/C=C(\C)NC1C=CC=C1N. The van der Waals surface area contributed by atoms with Crippen LogP contribution in [0.3, 0.4) is 0 Å². The zero-order valence-electron chi connectivity index (χ0n) is 6.96. The molecule has 0 aromatic rings. The van der Waals surface area contributed by atoms with Crippen LogP contribution in [0.4, 0.5) is 0 Å². The fraction of sp³-hybridized carbons (Fsp3) is 0.333. The van der Waals surface area contributed by atoms with Gasteiger partial charge in [-0.2, -0.15) is 0 Å². The van der Waals surface area contributed by atoms with Gasteiger partial charge in [-0.05, 0) is 19.9 Å². The summed E-state index contributed by atoms with van der Waals surface area (Å²) in [6, 6.07) is 0.200. The van der Waals surface area contributed by atoms with Gasteiger partial charge in [-0.25, -0.2) is 0 Å². The Labute approximate surface area is 67.5 Å². The summed E-state index contributed by atoms with van der Waals surface area (Å²) in [5, 5.41) is 3.26. The summed E-state index contributed by atoms with van der Waals surface area (Å²) in [5.41, 5.74) is 7.72. The summed E-state index contributed by atoms with van der Waals surface area (Å²) < 4.78 is 0. The summed E-state index contributed by atoms with van der Waals surface area (Å²) in [6.07, 6.45) is 7.96. The lowest BCUT2D eigenvalue weighted by molar-refractivity contribution is 0.750. The summed E-state index contributed by atoms with van der Waals surface area (Å²) in [6.45, 7) is 4.03. The highest BCUT2D eigenvalue weighted by molar-refractivity contribution is 5.30. The van der Waals surface area contributed by atoms with E-state index in [1.165, 1.54) is 0 Å². The first-order valence-corrected chi connectivity index (χ1v) is 3.77. The molecule has 0 radical (unpaired) electrons. The van der Waals surface area contributed by atoms with Crippen molar-refractivity contribution in [2.24, 2.45) is 5.73 Å². The van der Waals surface area contributed by atoms with Crippen LogP contribution >= 0.6 is 0 Å². The highest BCUT2D eigenvalue weighted by Crippen LogP contribution is 2.07. The molecule has 0 bridgehead atoms. The Kier molecular flexibility index (Phi) is 2.36. The molecular formula is C9H14N2. The van der Waals surface area contributed by atoms with Crippen LogP contribution in [0.2, 0.25) is 0 Å². The van der Waals surface area contributed by atoms with Crippen LogP contribution in [0.1, 0.15) is 13.8 Å². The number of allylic oxidation sites excluding steroid dienone is 4. The molecule has 1 unspecified atom stereocenters. The lowest BCUT2D eigenvalue weighted by Crippen LogP contribution is -2.29. The van der Waals surface area contributed by atoms with Crippen LogP contribution in [0, 0.1) is 0 Å². The van der Waals surface area contributed by atoms with E-state index in [9.17, 15) is 0 Å². The van der Waals surface area contributed by atoms with Crippen LogP contribution in [0.15, 0.2) is 35.7 Å². The molecule has 0 aliphatic heterocycles. The molecule has 1 aliphatic carbocycles. The largest absolute Gasteiger partial charge is 0.400 e. The molecule has 0 saturated heterocycles. The minimum absolute atomic E-state index is 0.200. The van der Waals surface area contributed by atoms with Gasteiger partial charge in [0.15, 0.2) is 0 Å². The maximum Gasteiger partial charge on any atom is 0.0842 e. The molecule has 2 heteroatoms. The van der Waals surface area contributed by atoms with E-state index in [0.29, 0.717) is 0 Å². The Morgan fingerprint density at radius 2 is 2.45 bits per heavy atom. The summed E-state index contributed by atoms with van der Waals surface area (Å²) in [7, 11) is 0. The van der Waals surface area contributed by atoms with Crippen LogP contribution in [0.5, 0.6) is 0 Å². The first-order valence-electron chi connectivity index (χ1n) is 3.77. The van der Waals surface area contributed by atoms with Crippen molar-refractivity contribution < 1.29 is 0 Å². The lowest BCUT2D eigenvalue weighted by atomic mass is 10.2. The standard InChI is InChI=1S/C9H14N2/c1-3-7(2)11-9-6-4-5-8(9)10/h3-6,9,11H,10H2,1-2H3/b7-3+. The second-order valence-corrected chi connectivity index (χ2v) is 2.65. The average molecular weight is 150 g/mol. The number of nitrogens with two attached hydrogens (primary N) is 1. The van der Waals surface area contributed by atoms with Gasteiger partial charge >= 0.3 is 0 Å². The van der Waals surface area contributed by atoms with E-state index < -0.39 is 0 Å². The maximum atomic E-state index is 5.69. The molecule has 3 N–H and O–H groups in total. The van der Waals surface area contributed by atoms with Crippen molar-refractivity contribution in [2.45, 2.75) is 19.9 Å². The number of hydrogen-bond acceptors (Lipinski definition) is 2. The van der Waals surface area contributed by atoms with Crippen molar-refractivity contribution in [3.8, 4) is 0 Å². The fourth-order valence-electron chi connectivity index (χ4n) is 0.953. The van der Waals surface area contributed by atoms with Gasteiger partial charge in [0.25, 0.3) is 0 Å². The van der Waals surface area contributed by atoms with Crippen LogP contribution in [-0.4, -0.2) is 6.04 Å². The molecule has 0 aromatic carbocycles. The summed E-state index contributed by atoms with van der Waals surface area (Å²) in [4.78, 5) is 0. The van der Waals surface area contributed by atoms with Gasteiger partial charge in [-0.15, -0.1) is 0 Å². The summed E-state index contributed by atoms with van der Waals surface area (Å²) >= 11 is 0. The third-order valence-corrected chi connectivity index (χ3v) is 1.77. The molecule has 0 fully saturated rings. The van der Waals surface area contributed by atoms with Crippen molar-refractivity contribution in [1.82, 2.24) is 5.32 Å². The Morgan fingerprint density at radius 3 is 2.91 bits per heavy atom. The molecule has 2 nitrogen and oxygen atoms in total. The molecule has 1 rings (SSSR count). The molecule has 0 saturated carbocycles. The van der Waals surface area contributed by atoms with E-state index in [0.717, 1.165) is 11.4 Å². The summed E-state index contributed by atoms with van der Waals surface area (Å²) in [5.74, 6) is 0. The third kappa shape index (κ3) is 1.87. The molecule has 0 spiro atoms. The number of nitrogens with one attached hydrogen (secondary N) is 1. The molecule has 0 aromatic heterocycles. The zero-order valence-corrected chi connectivity index (χ0v) is 6.96. The van der Waals surface area contributed by atoms with Gasteiger partial charge in [0.05, 0.1) is 6.04 Å². The van der Waals surface area contributed by atoms with Crippen molar-refractivity contribution >= 4 is 0 Å². The number of hydrogen-bond donors (Lipinski definition) is 2. The molecule has 0 amide bonds. The van der Waals surface area contributed by atoms with Crippen molar-refractivity contribution in [3.05, 3.63) is 35.7 Å². The molecule has 0 heterocycles. The van der Waals surface area contributed by atoms with E-state index in [-0.39, 0.29) is 6.04 Å². The predicted molar refractivity (Wildman–Crippen MR) is 47.8 cm³/mol. The van der Waals surface area contributed by atoms with Crippen LogP contribution in [-0.2, 0) is 0 Å². The average Bonchev–Trinajstić information content (AvgIpc) is 2.37. The maximum absolute atomic E-state index is 5.69. The van der Waals surface area contributed by atoms with Crippen molar-refractivity contribution in [1.29, 1.82) is 0 Å². The van der Waals surface area contributed by atoms with Gasteiger partial charge in [0, 0.05) is 11.4 Å². The Morgan fingerprint density at radius 1 is 1.73 bits per heavy atom. The van der Waals surface area contributed by atoms with Crippen LogP contribution in [0.25, 0.3) is 0 Å². The second kappa shape index (κ2) is 3.28. The minimum Gasteiger partial charge on any atom is -0.400 e. The smallest absolute Gasteiger partial charge is 0.0842 e. The zero-order chi connectivity index (χ0) is 8.27. The lowest BCUT2D eigenvalue weighted by Gasteiger charge is -2.13. The predicted octanol–water partition coefficient (Wildman–Crippen LogP) is 1.28. The van der Waals surface area contributed by atoms with E-state index in [1.54, 1.807) is 0 Å². The van der Waals surface area contributed by atoms with Crippen molar-refractivity contribution in [3.63, 3.8) is 0 Å². The van der Waals surface area contributed by atoms with E-state index in [4.69, 9.17) is 5.73 Å². The molecule has 1 aliphatic rings. The quantitative estimate of drug-likeness (QED) is 0.622. The van der Waals surface area contributed by atoms with Gasteiger partial charge < -0.3 is 11.1 Å². The normalized spacial score (nSPS) is 23.6. The molecule has 11 heavy (non-hydrogen) atoms. The Hall–Kier alpha value is -1.18. The second-order valence-electron chi connectivity index (χ2n) is 2.65. The van der Waals surface area contributed by atoms with E-state index in [2.05, 4.69) is 5.32 Å². The first kappa shape index (κ1) is 7.92. The third-order valence-electron chi connectivity index (χ3n) is 1.77. The van der Waals surface area contributed by atoms with Gasteiger partial charge in [0.1, 0.15) is 0 Å². The Bertz CT molecular complexity index is 224. The van der Waals surface area contributed by atoms with E-state index in [1.807, 2.05) is 38.2 Å². The highest BCUT2D eigenvalue weighted by atomic mass is 14.9. The van der Waals surface area contributed by atoms with Crippen molar-refractivity contribution in [2.75, 3.05) is 0 Å². The van der Waals surface area contributed by atoms with Gasteiger partial charge in [-0.1, -0.05) is 18.2 Å². The fourth-order valence-corrected chi connectivity index (χ4v) is 0.953. The highest BCUT2D eigenvalue weighted by Gasteiger charge is 2.09. The number of rotatable bonds is 2. The molecule has 60 valence electrons. The first-order chi connectivity index (χ1) is 5.24. The van der Waals surface area contributed by atoms with Gasteiger partial charge in [0.2, 0.25) is 0 Å². The monoisotopic (exact) mass is 150 g/mol. The van der Waals surface area contributed by atoms with Gasteiger partial charge in [-0.3, -0.25) is 0 Å². The van der Waals surface area contributed by atoms with Crippen LogP contribution < -0.4 is 11.1 Å². The molecular weight excluding hydrogens is 136 g/mol. The molecule has 1 atom stereocenters.